The third-order valence-corrected chi connectivity index (χ3v) is 2.63. The number of aliphatic hydroxyl groups excluding tert-OH is 1. The molecule has 0 saturated carbocycles. The molecule has 0 fully saturated rings. The fraction of sp³-hybridized carbons (Fsp3) is 0.538. The Hall–Kier alpha value is -0.860. The zero-order chi connectivity index (χ0) is 11.3. The molecule has 2 N–H and O–H groups in total. The second-order valence-electron chi connectivity index (χ2n) is 3.51. The van der Waals surface area contributed by atoms with E-state index in [4.69, 9.17) is 0 Å². The van der Waals surface area contributed by atoms with E-state index in [2.05, 4.69) is 24.4 Å². The molecule has 2 atom stereocenters. The SMILES string of the molecule is CC.CCNC1c2ccccc2CC1O. The summed E-state index contributed by atoms with van der Waals surface area (Å²) in [5, 5.41) is 13.1. The molecule has 0 aromatic heterocycles. The van der Waals surface area contributed by atoms with E-state index in [1.165, 1.54) is 11.1 Å². The molecular weight excluding hydrogens is 186 g/mol. The van der Waals surface area contributed by atoms with E-state index in [1.807, 2.05) is 26.0 Å². The molecular formula is C13H21NO. The van der Waals surface area contributed by atoms with Gasteiger partial charge in [-0.1, -0.05) is 45.0 Å². The third kappa shape index (κ3) is 2.58. The standard InChI is InChI=1S/C11H15NO.C2H6/c1-2-12-11-9-6-4-3-5-8(9)7-10(11)13;1-2/h3-6,10-13H,2,7H2,1H3;1-2H3. The van der Waals surface area contributed by atoms with Crippen molar-refractivity contribution in [3.63, 3.8) is 0 Å². The zero-order valence-electron chi connectivity index (χ0n) is 9.83. The van der Waals surface area contributed by atoms with Crippen molar-refractivity contribution >= 4 is 0 Å². The van der Waals surface area contributed by atoms with Gasteiger partial charge < -0.3 is 10.4 Å². The smallest absolute Gasteiger partial charge is 0.0775 e. The summed E-state index contributed by atoms with van der Waals surface area (Å²) in [6.07, 6.45) is 0.533. The van der Waals surface area contributed by atoms with E-state index in [0.29, 0.717) is 0 Å². The van der Waals surface area contributed by atoms with E-state index < -0.39 is 0 Å². The van der Waals surface area contributed by atoms with Crippen LogP contribution in [0.5, 0.6) is 0 Å². The van der Waals surface area contributed by atoms with E-state index in [1.54, 1.807) is 0 Å². The van der Waals surface area contributed by atoms with Crippen LogP contribution in [0.25, 0.3) is 0 Å². The summed E-state index contributed by atoms with van der Waals surface area (Å²) in [6, 6.07) is 8.39. The largest absolute Gasteiger partial charge is 0.391 e. The highest BCUT2D eigenvalue weighted by Gasteiger charge is 2.29. The fourth-order valence-electron chi connectivity index (χ4n) is 2.04. The minimum absolute atomic E-state index is 0.140. The lowest BCUT2D eigenvalue weighted by atomic mass is 10.1. The number of rotatable bonds is 2. The first-order valence-electron chi connectivity index (χ1n) is 5.82. The number of hydrogen-bond acceptors (Lipinski definition) is 2. The lowest BCUT2D eigenvalue weighted by Crippen LogP contribution is -2.28. The molecule has 2 heteroatoms. The van der Waals surface area contributed by atoms with Crippen molar-refractivity contribution in [2.24, 2.45) is 0 Å². The zero-order valence-corrected chi connectivity index (χ0v) is 9.83. The van der Waals surface area contributed by atoms with E-state index in [0.717, 1.165) is 13.0 Å². The Kier molecular flexibility index (Phi) is 4.79. The van der Waals surface area contributed by atoms with Crippen LogP contribution in [0, 0.1) is 0 Å². The molecule has 1 aromatic rings. The molecule has 0 bridgehead atoms. The maximum absolute atomic E-state index is 9.78. The van der Waals surface area contributed by atoms with Crippen LogP contribution in [0.3, 0.4) is 0 Å². The summed E-state index contributed by atoms with van der Waals surface area (Å²) in [5.74, 6) is 0. The Morgan fingerprint density at radius 1 is 1.33 bits per heavy atom. The van der Waals surface area contributed by atoms with Crippen LogP contribution in [0.1, 0.15) is 37.9 Å². The van der Waals surface area contributed by atoms with Gasteiger partial charge >= 0.3 is 0 Å². The average Bonchev–Trinajstić information content (AvgIpc) is 2.59. The van der Waals surface area contributed by atoms with Crippen molar-refractivity contribution in [3.8, 4) is 0 Å². The number of likely N-dealkylation sites (N-methyl/N-ethyl adjacent to an activating group) is 1. The highest BCUT2D eigenvalue weighted by atomic mass is 16.3. The summed E-state index contributed by atoms with van der Waals surface area (Å²) in [7, 11) is 0. The van der Waals surface area contributed by atoms with Crippen molar-refractivity contribution in [2.75, 3.05) is 6.54 Å². The summed E-state index contributed by atoms with van der Waals surface area (Å²) in [5.41, 5.74) is 2.54. The average molecular weight is 207 g/mol. The van der Waals surface area contributed by atoms with Crippen LogP contribution in [-0.4, -0.2) is 17.8 Å². The van der Waals surface area contributed by atoms with E-state index in [-0.39, 0.29) is 12.1 Å². The second kappa shape index (κ2) is 5.89. The number of aliphatic hydroxyl groups is 1. The van der Waals surface area contributed by atoms with Gasteiger partial charge in [0.25, 0.3) is 0 Å². The predicted octanol–water partition coefficient (Wildman–Crippen LogP) is 2.28. The third-order valence-electron chi connectivity index (χ3n) is 2.63. The first-order valence-corrected chi connectivity index (χ1v) is 5.82. The number of fused-ring (bicyclic) bond motifs is 1. The van der Waals surface area contributed by atoms with E-state index in [9.17, 15) is 5.11 Å². The maximum Gasteiger partial charge on any atom is 0.0775 e. The fourth-order valence-corrected chi connectivity index (χ4v) is 2.04. The van der Waals surface area contributed by atoms with Gasteiger partial charge in [0.2, 0.25) is 0 Å². The van der Waals surface area contributed by atoms with Gasteiger partial charge in [0, 0.05) is 6.42 Å². The molecule has 0 saturated heterocycles. The lowest BCUT2D eigenvalue weighted by molar-refractivity contribution is 0.142. The number of benzene rings is 1. The van der Waals surface area contributed by atoms with Gasteiger partial charge in [-0.3, -0.25) is 0 Å². The van der Waals surface area contributed by atoms with Gasteiger partial charge in [0.05, 0.1) is 12.1 Å². The van der Waals surface area contributed by atoms with Gasteiger partial charge in [-0.15, -0.1) is 0 Å². The normalized spacial score (nSPS) is 22.9. The van der Waals surface area contributed by atoms with Crippen LogP contribution >= 0.6 is 0 Å². The molecule has 2 rings (SSSR count). The number of nitrogens with one attached hydrogen (secondary N) is 1. The molecule has 84 valence electrons. The summed E-state index contributed by atoms with van der Waals surface area (Å²) in [4.78, 5) is 0. The Morgan fingerprint density at radius 3 is 2.67 bits per heavy atom. The minimum Gasteiger partial charge on any atom is -0.391 e. The Morgan fingerprint density at radius 2 is 2.00 bits per heavy atom. The molecule has 0 radical (unpaired) electrons. The van der Waals surface area contributed by atoms with Crippen molar-refractivity contribution < 1.29 is 5.11 Å². The Bertz CT molecular complexity index is 298. The lowest BCUT2D eigenvalue weighted by Gasteiger charge is -2.16. The van der Waals surface area contributed by atoms with Gasteiger partial charge in [0.1, 0.15) is 0 Å². The molecule has 2 unspecified atom stereocenters. The minimum atomic E-state index is -0.252. The van der Waals surface area contributed by atoms with Crippen LogP contribution in [0.4, 0.5) is 0 Å². The van der Waals surface area contributed by atoms with Crippen LogP contribution in [-0.2, 0) is 6.42 Å². The first-order chi connectivity index (χ1) is 7.33. The summed E-state index contributed by atoms with van der Waals surface area (Å²) < 4.78 is 0. The van der Waals surface area contributed by atoms with Crippen molar-refractivity contribution in [2.45, 2.75) is 39.3 Å². The number of hydrogen-bond donors (Lipinski definition) is 2. The van der Waals surface area contributed by atoms with Gasteiger partial charge in [-0.2, -0.15) is 0 Å². The molecule has 0 heterocycles. The van der Waals surface area contributed by atoms with Crippen LogP contribution < -0.4 is 5.32 Å². The molecule has 0 amide bonds. The molecule has 1 aromatic carbocycles. The molecule has 15 heavy (non-hydrogen) atoms. The first kappa shape index (κ1) is 12.2. The highest BCUT2D eigenvalue weighted by molar-refractivity contribution is 5.36. The van der Waals surface area contributed by atoms with Crippen molar-refractivity contribution in [1.82, 2.24) is 5.32 Å². The molecule has 0 aliphatic heterocycles. The molecule has 1 aliphatic rings. The monoisotopic (exact) mass is 207 g/mol. The van der Waals surface area contributed by atoms with Crippen molar-refractivity contribution in [1.29, 1.82) is 0 Å². The second-order valence-corrected chi connectivity index (χ2v) is 3.51. The van der Waals surface area contributed by atoms with Crippen molar-refractivity contribution in [3.05, 3.63) is 35.4 Å². The quantitative estimate of drug-likeness (QED) is 0.780. The summed E-state index contributed by atoms with van der Waals surface area (Å²) in [6.45, 7) is 6.96. The summed E-state index contributed by atoms with van der Waals surface area (Å²) >= 11 is 0. The highest BCUT2D eigenvalue weighted by Crippen LogP contribution is 2.30. The van der Waals surface area contributed by atoms with Gasteiger partial charge in [-0.05, 0) is 17.7 Å². The molecule has 1 aliphatic carbocycles. The van der Waals surface area contributed by atoms with Gasteiger partial charge in [-0.25, -0.2) is 0 Å². The van der Waals surface area contributed by atoms with Crippen LogP contribution in [0.15, 0.2) is 24.3 Å². The van der Waals surface area contributed by atoms with Crippen LogP contribution in [0.2, 0.25) is 0 Å². The van der Waals surface area contributed by atoms with E-state index >= 15 is 0 Å². The Labute approximate surface area is 92.3 Å². The maximum atomic E-state index is 9.78. The molecule has 2 nitrogen and oxygen atoms in total. The Balaban J connectivity index is 0.000000531. The molecule has 0 spiro atoms. The van der Waals surface area contributed by atoms with Gasteiger partial charge in [0.15, 0.2) is 0 Å². The topological polar surface area (TPSA) is 32.3 Å². The predicted molar refractivity (Wildman–Crippen MR) is 63.9 cm³/mol.